The van der Waals surface area contributed by atoms with E-state index in [0.29, 0.717) is 26.2 Å². The summed E-state index contributed by atoms with van der Waals surface area (Å²) in [4.78, 5) is 12.5. The van der Waals surface area contributed by atoms with Gasteiger partial charge in [0.2, 0.25) is 17.8 Å². The lowest BCUT2D eigenvalue weighted by molar-refractivity contribution is 0.561. The number of nitrogens with zero attached hydrogens (tertiary/aromatic N) is 3. The van der Waals surface area contributed by atoms with Crippen molar-refractivity contribution >= 4 is 45.7 Å². The molecule has 1 heterocycles. The van der Waals surface area contributed by atoms with Crippen molar-refractivity contribution in [2.45, 2.75) is 9.79 Å². The van der Waals surface area contributed by atoms with Crippen molar-refractivity contribution in [3.63, 3.8) is 0 Å². The monoisotopic (exact) mass is 416 g/mol. The third kappa shape index (κ3) is 6.16. The summed E-state index contributed by atoms with van der Waals surface area (Å²) in [6.07, 6.45) is 0. The maximum absolute atomic E-state index is 11.5. The molecule has 12 nitrogen and oxygen atoms in total. The zero-order valence-electron chi connectivity index (χ0n) is 14.1. The fraction of sp³-hybridized carbons (Fsp3) is 0.308. The summed E-state index contributed by atoms with van der Waals surface area (Å²) < 4.78 is 41.5. The highest BCUT2D eigenvalue weighted by molar-refractivity contribution is 7.79. The Morgan fingerprint density at radius 2 is 1.44 bits per heavy atom. The summed E-state index contributed by atoms with van der Waals surface area (Å²) in [7, 11) is 0. The molecule has 2 atom stereocenters. The molecular formula is C13H20N8O4S2. The van der Waals surface area contributed by atoms with E-state index >= 15 is 0 Å². The normalized spacial score (nSPS) is 13.0. The van der Waals surface area contributed by atoms with Crippen molar-refractivity contribution in [2.24, 2.45) is 11.5 Å². The zero-order chi connectivity index (χ0) is 19.8. The number of nitrogens with two attached hydrogens (primary N) is 2. The van der Waals surface area contributed by atoms with E-state index < -0.39 is 22.2 Å². The standard InChI is InChI=1S/C13H20N8O4S2/c14-3-5-16-11-19-12(17-6-4-15)21-13(20-11)18-9-7-8(26(22)23)1-2-10(9)27(24)25/h1-2,7H,3-6,14-15H2,(H,22,23)(H,24,25)(H3,16,17,18,19,20,21). The molecule has 0 saturated carbocycles. The lowest BCUT2D eigenvalue weighted by atomic mass is 10.3. The Morgan fingerprint density at radius 3 is 1.93 bits per heavy atom. The fourth-order valence-corrected chi connectivity index (χ4v) is 2.83. The van der Waals surface area contributed by atoms with E-state index in [1.165, 1.54) is 18.2 Å². The molecule has 2 unspecified atom stereocenters. The SMILES string of the molecule is NCCNc1nc(NCCN)nc(Nc2cc(S(=O)O)ccc2S(=O)O)n1. The van der Waals surface area contributed by atoms with Crippen LogP contribution in [0.3, 0.4) is 0 Å². The lowest BCUT2D eigenvalue weighted by Gasteiger charge is -2.12. The first-order chi connectivity index (χ1) is 12.9. The molecular weight excluding hydrogens is 396 g/mol. The van der Waals surface area contributed by atoms with Gasteiger partial charge in [0.25, 0.3) is 0 Å². The number of hydrogen-bond donors (Lipinski definition) is 7. The van der Waals surface area contributed by atoms with Gasteiger partial charge in [-0.1, -0.05) is 0 Å². The van der Waals surface area contributed by atoms with Crippen molar-refractivity contribution < 1.29 is 17.5 Å². The predicted octanol–water partition coefficient (Wildman–Crippen LogP) is -0.482. The van der Waals surface area contributed by atoms with Crippen LogP contribution in [0.25, 0.3) is 0 Å². The van der Waals surface area contributed by atoms with Gasteiger partial charge in [-0.25, -0.2) is 8.42 Å². The van der Waals surface area contributed by atoms with Crippen molar-refractivity contribution in [3.05, 3.63) is 18.2 Å². The largest absolute Gasteiger partial charge is 0.353 e. The highest BCUT2D eigenvalue weighted by Crippen LogP contribution is 2.25. The molecule has 0 aliphatic heterocycles. The van der Waals surface area contributed by atoms with E-state index in [4.69, 9.17) is 11.5 Å². The second-order valence-electron chi connectivity index (χ2n) is 5.02. The van der Waals surface area contributed by atoms with E-state index in [-0.39, 0.29) is 33.3 Å². The van der Waals surface area contributed by atoms with Crippen molar-refractivity contribution in [1.82, 2.24) is 15.0 Å². The van der Waals surface area contributed by atoms with E-state index in [0.717, 1.165) is 0 Å². The van der Waals surface area contributed by atoms with Gasteiger partial charge in [0.1, 0.15) is 0 Å². The maximum Gasteiger partial charge on any atom is 0.233 e. The van der Waals surface area contributed by atoms with E-state index in [1.807, 2.05) is 0 Å². The molecule has 1 aromatic carbocycles. The molecule has 0 fully saturated rings. The molecule has 0 spiro atoms. The fourth-order valence-electron chi connectivity index (χ4n) is 1.95. The molecule has 14 heteroatoms. The van der Waals surface area contributed by atoms with Crippen LogP contribution >= 0.6 is 0 Å². The molecule has 27 heavy (non-hydrogen) atoms. The highest BCUT2D eigenvalue weighted by atomic mass is 32.2. The average Bonchev–Trinajstić information content (AvgIpc) is 2.64. The molecule has 0 aliphatic rings. The molecule has 0 saturated heterocycles. The summed E-state index contributed by atoms with van der Waals surface area (Å²) in [6, 6.07) is 3.81. The highest BCUT2D eigenvalue weighted by Gasteiger charge is 2.14. The summed E-state index contributed by atoms with van der Waals surface area (Å²) in [5, 5.41) is 8.60. The molecule has 0 radical (unpaired) electrons. The summed E-state index contributed by atoms with van der Waals surface area (Å²) in [5.41, 5.74) is 11.0. The van der Waals surface area contributed by atoms with Gasteiger partial charge in [-0.05, 0) is 18.2 Å². The van der Waals surface area contributed by atoms with E-state index in [9.17, 15) is 17.5 Å². The topological polar surface area (TPSA) is 201 Å². The molecule has 2 aromatic rings. The first kappa shape index (κ1) is 21.1. The molecule has 0 aliphatic carbocycles. The van der Waals surface area contributed by atoms with Crippen LogP contribution in [0.1, 0.15) is 0 Å². The lowest BCUT2D eigenvalue weighted by Crippen LogP contribution is -2.19. The second kappa shape index (κ2) is 10.2. The Morgan fingerprint density at radius 1 is 0.889 bits per heavy atom. The molecule has 9 N–H and O–H groups in total. The van der Waals surface area contributed by atoms with Gasteiger partial charge in [-0.15, -0.1) is 0 Å². The van der Waals surface area contributed by atoms with Crippen molar-refractivity contribution in [2.75, 3.05) is 42.1 Å². The van der Waals surface area contributed by atoms with Gasteiger partial charge in [0, 0.05) is 26.2 Å². The second-order valence-corrected chi connectivity index (χ2v) is 6.93. The zero-order valence-corrected chi connectivity index (χ0v) is 15.7. The molecule has 0 bridgehead atoms. The van der Waals surface area contributed by atoms with Crippen LogP contribution in [0.5, 0.6) is 0 Å². The molecule has 1 aromatic heterocycles. The average molecular weight is 416 g/mol. The van der Waals surface area contributed by atoms with Gasteiger partial charge < -0.3 is 36.5 Å². The minimum Gasteiger partial charge on any atom is -0.353 e. The number of aromatic nitrogens is 3. The number of anilines is 4. The summed E-state index contributed by atoms with van der Waals surface area (Å²) >= 11 is -4.60. The van der Waals surface area contributed by atoms with Crippen molar-refractivity contribution in [1.29, 1.82) is 0 Å². The van der Waals surface area contributed by atoms with Crippen LogP contribution in [0, 0.1) is 0 Å². The Kier molecular flexibility index (Phi) is 7.96. The number of benzene rings is 1. The Hall–Kier alpha value is -2.23. The van der Waals surface area contributed by atoms with Gasteiger partial charge >= 0.3 is 0 Å². The van der Waals surface area contributed by atoms with Crippen LogP contribution in [0.2, 0.25) is 0 Å². The maximum atomic E-state index is 11.5. The minimum atomic E-state index is -2.33. The van der Waals surface area contributed by atoms with Gasteiger partial charge in [0.15, 0.2) is 22.2 Å². The number of rotatable bonds is 10. The van der Waals surface area contributed by atoms with Crippen LogP contribution in [0.15, 0.2) is 28.0 Å². The molecule has 0 amide bonds. The van der Waals surface area contributed by atoms with Crippen LogP contribution < -0.4 is 27.4 Å². The number of nitrogens with one attached hydrogen (secondary N) is 3. The van der Waals surface area contributed by atoms with Crippen molar-refractivity contribution in [3.8, 4) is 0 Å². The van der Waals surface area contributed by atoms with Gasteiger partial charge in [-0.2, -0.15) is 15.0 Å². The van der Waals surface area contributed by atoms with Crippen LogP contribution in [-0.2, 0) is 22.2 Å². The first-order valence-electron chi connectivity index (χ1n) is 7.71. The molecule has 2 rings (SSSR count). The Labute approximate surface area is 160 Å². The van der Waals surface area contributed by atoms with Gasteiger partial charge in [-0.3, -0.25) is 0 Å². The summed E-state index contributed by atoms with van der Waals surface area (Å²) in [5.74, 6) is 0.508. The van der Waals surface area contributed by atoms with Crippen LogP contribution in [0.4, 0.5) is 23.5 Å². The minimum absolute atomic E-state index is 0.00227. The Bertz CT molecular complexity index is 812. The van der Waals surface area contributed by atoms with Crippen LogP contribution in [-0.4, -0.2) is 58.7 Å². The predicted molar refractivity (Wildman–Crippen MR) is 103 cm³/mol. The quantitative estimate of drug-likeness (QED) is 0.245. The smallest absolute Gasteiger partial charge is 0.233 e. The van der Waals surface area contributed by atoms with E-state index in [2.05, 4.69) is 30.9 Å². The Balaban J connectivity index is 2.40. The number of hydrogen-bond acceptors (Lipinski definition) is 10. The molecule has 148 valence electrons. The summed E-state index contributed by atoms with van der Waals surface area (Å²) in [6.45, 7) is 1.56. The third-order valence-electron chi connectivity index (χ3n) is 3.08. The van der Waals surface area contributed by atoms with E-state index in [1.54, 1.807) is 0 Å². The first-order valence-corrected chi connectivity index (χ1v) is 9.92. The van der Waals surface area contributed by atoms with Gasteiger partial charge in [0.05, 0.1) is 15.5 Å². The third-order valence-corrected chi connectivity index (χ3v) is 4.47.